The number of hydrogen-bond acceptors (Lipinski definition) is 4. The molecule has 9 aromatic rings. The van der Waals surface area contributed by atoms with Crippen molar-refractivity contribution in [3.05, 3.63) is 198 Å². The van der Waals surface area contributed by atoms with E-state index in [1.807, 2.05) is 12.4 Å². The molecule has 0 amide bonds. The van der Waals surface area contributed by atoms with Crippen molar-refractivity contribution < 1.29 is 0 Å². The van der Waals surface area contributed by atoms with E-state index in [1.54, 1.807) is 0 Å². The monoisotopic (exact) mass is 664 g/mol. The fraction of sp³-hybridized carbons (Fsp3) is 0.0213. The maximum absolute atomic E-state index is 5.34. The molecule has 52 heavy (non-hydrogen) atoms. The van der Waals surface area contributed by atoms with Crippen LogP contribution in [0, 0.1) is 0 Å². The molecule has 5 nitrogen and oxygen atoms in total. The summed E-state index contributed by atoms with van der Waals surface area (Å²) in [7, 11) is 0. The molecule has 0 aliphatic carbocycles. The maximum atomic E-state index is 5.34. The molecule has 5 heteroatoms. The molecule has 1 aliphatic heterocycles. The van der Waals surface area contributed by atoms with Crippen LogP contribution in [0.15, 0.2) is 186 Å². The van der Waals surface area contributed by atoms with Crippen molar-refractivity contribution in [1.82, 2.24) is 9.97 Å². The third-order valence-corrected chi connectivity index (χ3v) is 9.92. The summed E-state index contributed by atoms with van der Waals surface area (Å²) in [6.07, 6.45) is 3.25. The first kappa shape index (κ1) is 29.9. The molecule has 0 spiro atoms. The van der Waals surface area contributed by atoms with Gasteiger partial charge in [-0.25, -0.2) is 0 Å². The summed E-state index contributed by atoms with van der Waals surface area (Å²) in [5.74, 6) is 1.26. The third kappa shape index (κ3) is 5.19. The lowest BCUT2D eigenvalue weighted by molar-refractivity contribution is 0.887. The molecule has 0 saturated carbocycles. The van der Waals surface area contributed by atoms with E-state index in [9.17, 15) is 0 Å². The van der Waals surface area contributed by atoms with Crippen molar-refractivity contribution in [2.45, 2.75) is 6.17 Å². The molecule has 0 saturated heterocycles. The zero-order chi connectivity index (χ0) is 34.4. The summed E-state index contributed by atoms with van der Waals surface area (Å²) in [4.78, 5) is 20.5. The van der Waals surface area contributed by atoms with E-state index in [0.717, 1.165) is 82.3 Å². The molecule has 0 bridgehead atoms. The van der Waals surface area contributed by atoms with Crippen molar-refractivity contribution in [2.24, 2.45) is 9.98 Å². The Labute approximate surface area is 300 Å². The summed E-state index contributed by atoms with van der Waals surface area (Å²) < 4.78 is 0. The Kier molecular flexibility index (Phi) is 7.14. The predicted octanol–water partition coefficient (Wildman–Crippen LogP) is 11.7. The number of aliphatic imine (C=N–C) groups is 2. The first-order chi connectivity index (χ1) is 25.8. The minimum absolute atomic E-state index is 0.508. The van der Waals surface area contributed by atoms with Gasteiger partial charge in [-0.15, -0.1) is 0 Å². The van der Waals surface area contributed by atoms with Gasteiger partial charge in [-0.3, -0.25) is 15.0 Å². The lowest BCUT2D eigenvalue weighted by Crippen LogP contribution is -2.16. The fourth-order valence-electron chi connectivity index (χ4n) is 7.45. The molecule has 10 rings (SSSR count). The van der Waals surface area contributed by atoms with Crippen LogP contribution in [0.3, 0.4) is 0 Å². The minimum Gasteiger partial charge on any atom is -0.438 e. The topological polar surface area (TPSA) is 64.6 Å². The van der Waals surface area contributed by atoms with E-state index >= 15 is 0 Å². The Morgan fingerprint density at radius 2 is 0.904 bits per heavy atom. The summed E-state index contributed by atoms with van der Waals surface area (Å²) in [5.41, 5.74) is 6.60. The molecule has 7 aromatic carbocycles. The minimum atomic E-state index is -0.508. The highest BCUT2D eigenvalue weighted by Gasteiger charge is 2.19. The van der Waals surface area contributed by atoms with Crippen LogP contribution in [0.1, 0.15) is 22.9 Å². The van der Waals surface area contributed by atoms with Gasteiger partial charge in [0, 0.05) is 34.3 Å². The van der Waals surface area contributed by atoms with Gasteiger partial charge in [0.05, 0.1) is 23.4 Å². The Morgan fingerprint density at radius 1 is 0.423 bits per heavy atom. The van der Waals surface area contributed by atoms with Crippen molar-refractivity contribution in [2.75, 3.05) is 0 Å². The largest absolute Gasteiger partial charge is 0.438 e. The van der Waals surface area contributed by atoms with E-state index in [2.05, 4.69) is 164 Å². The molecule has 1 aliphatic rings. The molecule has 0 N–H and O–H groups in total. The van der Waals surface area contributed by atoms with E-state index in [4.69, 9.17) is 25.3 Å². The van der Waals surface area contributed by atoms with E-state index in [-0.39, 0.29) is 0 Å². The highest BCUT2D eigenvalue weighted by molar-refractivity contribution is 6.23. The first-order valence-electron chi connectivity index (χ1n) is 17.4. The van der Waals surface area contributed by atoms with Crippen LogP contribution < -0.4 is 0 Å². The zero-order valence-corrected chi connectivity index (χ0v) is 28.1. The third-order valence-electron chi connectivity index (χ3n) is 9.92. The highest BCUT2D eigenvalue weighted by atomic mass is 15.2. The molecular formula is C47H30N5-. The van der Waals surface area contributed by atoms with E-state index < -0.39 is 6.17 Å². The lowest BCUT2D eigenvalue weighted by Gasteiger charge is -2.33. The average molecular weight is 665 g/mol. The molecule has 1 unspecified atom stereocenters. The van der Waals surface area contributed by atoms with Crippen molar-refractivity contribution >= 4 is 54.8 Å². The van der Waals surface area contributed by atoms with Gasteiger partial charge in [-0.1, -0.05) is 139 Å². The van der Waals surface area contributed by atoms with Crippen molar-refractivity contribution in [3.8, 4) is 22.5 Å². The molecule has 3 heterocycles. The maximum Gasteiger partial charge on any atom is 0.0828 e. The van der Waals surface area contributed by atoms with Crippen molar-refractivity contribution in [3.63, 3.8) is 0 Å². The number of hydrogen-bond donors (Lipinski definition) is 0. The number of aromatic nitrogens is 2. The van der Waals surface area contributed by atoms with Gasteiger partial charge in [0.2, 0.25) is 0 Å². The number of nitrogens with zero attached hydrogens (tertiary/aromatic N) is 5. The van der Waals surface area contributed by atoms with Crippen LogP contribution in [-0.4, -0.2) is 21.6 Å². The van der Waals surface area contributed by atoms with Gasteiger partial charge in [-0.2, -0.15) is 0 Å². The first-order valence-corrected chi connectivity index (χ1v) is 17.4. The molecular weight excluding hydrogens is 635 g/mol. The van der Waals surface area contributed by atoms with Crippen LogP contribution in [0.4, 0.5) is 0 Å². The smallest absolute Gasteiger partial charge is 0.0828 e. The van der Waals surface area contributed by atoms with Gasteiger partial charge in [0.1, 0.15) is 0 Å². The van der Waals surface area contributed by atoms with Gasteiger partial charge in [0.15, 0.2) is 0 Å². The van der Waals surface area contributed by atoms with Crippen LogP contribution in [0.2, 0.25) is 0 Å². The normalized spacial score (nSPS) is 14.3. The number of pyridine rings is 2. The van der Waals surface area contributed by atoms with Gasteiger partial charge in [0.25, 0.3) is 0 Å². The molecule has 1 atom stereocenters. The van der Waals surface area contributed by atoms with Gasteiger partial charge >= 0.3 is 0 Å². The molecule has 2 aromatic heterocycles. The van der Waals surface area contributed by atoms with Crippen molar-refractivity contribution in [1.29, 1.82) is 0 Å². The number of rotatable bonds is 5. The van der Waals surface area contributed by atoms with Crippen LogP contribution in [0.5, 0.6) is 0 Å². The number of amidine groups is 2. The van der Waals surface area contributed by atoms with E-state index in [0.29, 0.717) is 11.7 Å². The Balaban J connectivity index is 1.24. The van der Waals surface area contributed by atoms with Gasteiger partial charge < -0.3 is 10.3 Å². The highest BCUT2D eigenvalue weighted by Crippen LogP contribution is 2.38. The summed E-state index contributed by atoms with van der Waals surface area (Å²) in [6.45, 7) is 0. The summed E-state index contributed by atoms with van der Waals surface area (Å²) in [6, 6.07) is 56.9. The predicted molar refractivity (Wildman–Crippen MR) is 215 cm³/mol. The average Bonchev–Trinajstić information content (AvgIpc) is 3.22. The second-order valence-electron chi connectivity index (χ2n) is 13.0. The standard InChI is InChI=1S/C47H30N5/c1-5-17-37-30(11-1)15-9-21-41(37)46-50-45(51-47(52-46)42-22-10-16-31-12-2-6-18-38(31)42)36-28-34(43-39-19-7-3-13-32(39)23-25-48-43)27-35(29-36)44-40-20-8-4-14-33(40)24-26-49-44/h1-29,46H/q-1. The molecule has 0 fully saturated rings. The van der Waals surface area contributed by atoms with Crippen LogP contribution >= 0.6 is 0 Å². The molecule has 244 valence electrons. The zero-order valence-electron chi connectivity index (χ0n) is 28.1. The Bertz CT molecular complexity index is 2790. The van der Waals surface area contributed by atoms with Crippen LogP contribution in [-0.2, 0) is 0 Å². The molecule has 0 radical (unpaired) electrons. The Morgan fingerprint density at radius 3 is 1.54 bits per heavy atom. The summed E-state index contributed by atoms with van der Waals surface area (Å²) >= 11 is 0. The second-order valence-corrected chi connectivity index (χ2v) is 13.0. The SMILES string of the molecule is c1ccc2c(C3=NC(c4cc(-c5nccc6ccccc56)cc(-c5nccc6ccccc56)c4)=NC(c4cccc5ccccc45)[N-]3)cccc2c1. The van der Waals surface area contributed by atoms with E-state index in [1.165, 1.54) is 0 Å². The number of benzene rings is 7. The van der Waals surface area contributed by atoms with Crippen LogP contribution in [0.25, 0.3) is 70.9 Å². The second kappa shape index (κ2) is 12.4. The quantitative estimate of drug-likeness (QED) is 0.184. The van der Waals surface area contributed by atoms with Gasteiger partial charge in [-0.05, 0) is 79.3 Å². The lowest BCUT2D eigenvalue weighted by atomic mass is 9.95. The fourth-order valence-corrected chi connectivity index (χ4v) is 7.45. The number of fused-ring (bicyclic) bond motifs is 4. The Hall–Kier alpha value is -6.98. The summed E-state index contributed by atoms with van der Waals surface area (Å²) in [5, 5.41) is 14.2.